The normalized spacial score (nSPS) is 17.4. The largest absolute Gasteiger partial charge is 0.490 e. The number of aliphatic hydroxyl groups excluding tert-OH is 1. The lowest BCUT2D eigenvalue weighted by atomic mass is 10.0. The minimum Gasteiger partial charge on any atom is -0.490 e. The fourth-order valence-electron chi connectivity index (χ4n) is 2.03. The molecule has 0 spiro atoms. The van der Waals surface area contributed by atoms with Crippen LogP contribution in [0.15, 0.2) is 30.9 Å². The lowest BCUT2D eigenvalue weighted by molar-refractivity contribution is 0.137. The van der Waals surface area contributed by atoms with Gasteiger partial charge in [0.1, 0.15) is 0 Å². The van der Waals surface area contributed by atoms with Crippen molar-refractivity contribution in [3.05, 3.63) is 36.4 Å². The van der Waals surface area contributed by atoms with Gasteiger partial charge in [0.05, 0.1) is 19.3 Å². The summed E-state index contributed by atoms with van der Waals surface area (Å²) in [7, 11) is 0. The molecular formula is C15H21NO3. The van der Waals surface area contributed by atoms with Gasteiger partial charge in [-0.15, -0.1) is 6.58 Å². The number of benzene rings is 1. The van der Waals surface area contributed by atoms with E-state index in [2.05, 4.69) is 11.9 Å². The number of fused-ring (bicyclic) bond motifs is 1. The molecule has 0 aliphatic carbocycles. The van der Waals surface area contributed by atoms with Crippen LogP contribution in [0.1, 0.15) is 25.0 Å². The van der Waals surface area contributed by atoms with Crippen LogP contribution >= 0.6 is 0 Å². The molecule has 0 saturated heterocycles. The highest BCUT2D eigenvalue weighted by molar-refractivity contribution is 5.44. The van der Waals surface area contributed by atoms with Crippen LogP contribution < -0.4 is 14.8 Å². The van der Waals surface area contributed by atoms with E-state index in [0.717, 1.165) is 17.7 Å². The van der Waals surface area contributed by atoms with Gasteiger partial charge < -0.3 is 19.9 Å². The van der Waals surface area contributed by atoms with E-state index in [4.69, 9.17) is 9.47 Å². The standard InChI is InChI=1S/C15H21NO3/c1-3-7-16-11(2)15(17)12-5-6-13-14(10-12)19-9-4-8-18-13/h3,5-6,10-11,15-17H,1,4,7-9H2,2H3. The molecule has 0 aromatic heterocycles. The Bertz CT molecular complexity index is 433. The van der Waals surface area contributed by atoms with E-state index in [1.54, 1.807) is 6.08 Å². The Morgan fingerprint density at radius 3 is 2.84 bits per heavy atom. The van der Waals surface area contributed by atoms with Gasteiger partial charge in [0.2, 0.25) is 0 Å². The summed E-state index contributed by atoms with van der Waals surface area (Å²) in [6.45, 7) is 7.59. The molecule has 1 heterocycles. The van der Waals surface area contributed by atoms with Crippen LogP contribution in [0.4, 0.5) is 0 Å². The van der Waals surface area contributed by atoms with Crippen molar-refractivity contribution < 1.29 is 14.6 Å². The molecule has 0 radical (unpaired) electrons. The van der Waals surface area contributed by atoms with Crippen LogP contribution in [0.3, 0.4) is 0 Å². The lowest BCUT2D eigenvalue weighted by Gasteiger charge is -2.21. The van der Waals surface area contributed by atoms with Gasteiger partial charge in [0.25, 0.3) is 0 Å². The zero-order chi connectivity index (χ0) is 13.7. The third-order valence-electron chi connectivity index (χ3n) is 3.17. The predicted octanol–water partition coefficient (Wildman–Crippen LogP) is 2.05. The van der Waals surface area contributed by atoms with E-state index >= 15 is 0 Å². The Morgan fingerprint density at radius 2 is 2.11 bits per heavy atom. The second-order valence-corrected chi connectivity index (χ2v) is 4.69. The highest BCUT2D eigenvalue weighted by Crippen LogP contribution is 2.32. The van der Waals surface area contributed by atoms with Gasteiger partial charge in [-0.1, -0.05) is 12.1 Å². The van der Waals surface area contributed by atoms with Crippen LogP contribution in [0.25, 0.3) is 0 Å². The number of ether oxygens (including phenoxy) is 2. The second kappa shape index (κ2) is 6.59. The van der Waals surface area contributed by atoms with Crippen molar-refractivity contribution in [3.8, 4) is 11.5 Å². The van der Waals surface area contributed by atoms with Gasteiger partial charge >= 0.3 is 0 Å². The molecule has 2 N–H and O–H groups in total. The van der Waals surface area contributed by atoms with Crippen molar-refractivity contribution in [1.29, 1.82) is 0 Å². The smallest absolute Gasteiger partial charge is 0.161 e. The average molecular weight is 263 g/mol. The van der Waals surface area contributed by atoms with Gasteiger partial charge in [0.15, 0.2) is 11.5 Å². The number of aliphatic hydroxyl groups is 1. The summed E-state index contributed by atoms with van der Waals surface area (Å²) < 4.78 is 11.2. The topological polar surface area (TPSA) is 50.7 Å². The molecule has 0 saturated carbocycles. The van der Waals surface area contributed by atoms with Gasteiger partial charge in [0, 0.05) is 19.0 Å². The van der Waals surface area contributed by atoms with Crippen LogP contribution in [-0.4, -0.2) is 30.9 Å². The van der Waals surface area contributed by atoms with E-state index in [1.165, 1.54) is 0 Å². The molecule has 4 heteroatoms. The zero-order valence-electron chi connectivity index (χ0n) is 11.3. The highest BCUT2D eigenvalue weighted by atomic mass is 16.5. The molecule has 1 aromatic carbocycles. The molecule has 104 valence electrons. The van der Waals surface area contributed by atoms with Crippen molar-refractivity contribution in [2.45, 2.75) is 25.5 Å². The molecule has 2 unspecified atom stereocenters. The Balaban J connectivity index is 2.11. The third-order valence-corrected chi connectivity index (χ3v) is 3.17. The first-order valence-electron chi connectivity index (χ1n) is 6.64. The highest BCUT2D eigenvalue weighted by Gasteiger charge is 2.18. The number of hydrogen-bond acceptors (Lipinski definition) is 4. The average Bonchev–Trinajstić information content (AvgIpc) is 2.68. The maximum absolute atomic E-state index is 10.3. The number of hydrogen-bond donors (Lipinski definition) is 2. The number of rotatable bonds is 5. The Hall–Kier alpha value is -1.52. The van der Waals surface area contributed by atoms with E-state index < -0.39 is 6.10 Å². The van der Waals surface area contributed by atoms with Crippen LogP contribution in [0, 0.1) is 0 Å². The molecule has 4 nitrogen and oxygen atoms in total. The van der Waals surface area contributed by atoms with Crippen molar-refractivity contribution >= 4 is 0 Å². The fourth-order valence-corrected chi connectivity index (χ4v) is 2.03. The summed E-state index contributed by atoms with van der Waals surface area (Å²) in [5.74, 6) is 1.46. The minimum atomic E-state index is -0.586. The summed E-state index contributed by atoms with van der Waals surface area (Å²) in [5.41, 5.74) is 0.827. The van der Waals surface area contributed by atoms with Gasteiger partial charge in [-0.2, -0.15) is 0 Å². The predicted molar refractivity (Wildman–Crippen MR) is 74.7 cm³/mol. The maximum Gasteiger partial charge on any atom is 0.161 e. The summed E-state index contributed by atoms with van der Waals surface area (Å²) in [6.07, 6.45) is 2.07. The molecule has 1 aliphatic rings. The third kappa shape index (κ3) is 3.49. The Kier molecular flexibility index (Phi) is 4.82. The van der Waals surface area contributed by atoms with Gasteiger partial charge in [-0.25, -0.2) is 0 Å². The monoisotopic (exact) mass is 263 g/mol. The molecular weight excluding hydrogens is 242 g/mol. The van der Waals surface area contributed by atoms with Crippen molar-refractivity contribution in [3.63, 3.8) is 0 Å². The molecule has 0 amide bonds. The summed E-state index contributed by atoms with van der Waals surface area (Å²) in [6, 6.07) is 5.55. The van der Waals surface area contributed by atoms with Crippen LogP contribution in [0.5, 0.6) is 11.5 Å². The zero-order valence-corrected chi connectivity index (χ0v) is 11.3. The van der Waals surface area contributed by atoms with E-state index in [9.17, 15) is 5.11 Å². The molecule has 2 rings (SSSR count). The summed E-state index contributed by atoms with van der Waals surface area (Å²) in [5, 5.41) is 13.5. The van der Waals surface area contributed by atoms with Crippen LogP contribution in [-0.2, 0) is 0 Å². The fraction of sp³-hybridized carbons (Fsp3) is 0.467. The Labute approximate surface area is 114 Å². The second-order valence-electron chi connectivity index (χ2n) is 4.69. The van der Waals surface area contributed by atoms with Gasteiger partial charge in [-0.05, 0) is 24.6 Å². The van der Waals surface area contributed by atoms with Crippen molar-refractivity contribution in [1.82, 2.24) is 5.32 Å². The summed E-state index contributed by atoms with van der Waals surface area (Å²) >= 11 is 0. The molecule has 1 aromatic rings. The molecule has 19 heavy (non-hydrogen) atoms. The molecule has 0 bridgehead atoms. The summed E-state index contributed by atoms with van der Waals surface area (Å²) in [4.78, 5) is 0. The first kappa shape index (κ1) is 13.9. The quantitative estimate of drug-likeness (QED) is 0.798. The molecule has 2 atom stereocenters. The molecule has 0 fully saturated rings. The lowest BCUT2D eigenvalue weighted by Crippen LogP contribution is -2.32. The van der Waals surface area contributed by atoms with Gasteiger partial charge in [-0.3, -0.25) is 0 Å². The maximum atomic E-state index is 10.3. The molecule has 1 aliphatic heterocycles. The minimum absolute atomic E-state index is 0.0530. The number of nitrogens with one attached hydrogen (secondary N) is 1. The first-order chi connectivity index (χ1) is 9.22. The van der Waals surface area contributed by atoms with Crippen molar-refractivity contribution in [2.24, 2.45) is 0 Å². The van der Waals surface area contributed by atoms with E-state index in [0.29, 0.717) is 25.5 Å². The van der Waals surface area contributed by atoms with Crippen molar-refractivity contribution in [2.75, 3.05) is 19.8 Å². The van der Waals surface area contributed by atoms with E-state index in [1.807, 2.05) is 25.1 Å². The first-order valence-corrected chi connectivity index (χ1v) is 6.64. The van der Waals surface area contributed by atoms with Crippen LogP contribution in [0.2, 0.25) is 0 Å². The SMILES string of the molecule is C=CCNC(C)C(O)c1ccc2c(c1)OCCCO2. The van der Waals surface area contributed by atoms with E-state index in [-0.39, 0.29) is 6.04 Å². The Morgan fingerprint density at radius 1 is 1.37 bits per heavy atom.